The highest BCUT2D eigenvalue weighted by Crippen LogP contribution is 2.23. The summed E-state index contributed by atoms with van der Waals surface area (Å²) in [5.41, 5.74) is 0.361. The van der Waals surface area contributed by atoms with Crippen molar-refractivity contribution < 1.29 is 0 Å². The van der Waals surface area contributed by atoms with Gasteiger partial charge in [-0.1, -0.05) is 19.9 Å². The van der Waals surface area contributed by atoms with Crippen LogP contribution in [0.5, 0.6) is 0 Å². The monoisotopic (exact) mass is 225 g/mol. The summed E-state index contributed by atoms with van der Waals surface area (Å²) < 4.78 is 0. The van der Waals surface area contributed by atoms with Gasteiger partial charge >= 0.3 is 0 Å². The Kier molecular flexibility index (Phi) is 4.96. The van der Waals surface area contributed by atoms with E-state index < -0.39 is 0 Å². The van der Waals surface area contributed by atoms with Crippen LogP contribution in [0.1, 0.15) is 13.8 Å². The van der Waals surface area contributed by atoms with E-state index in [2.05, 4.69) is 42.6 Å². The van der Waals surface area contributed by atoms with Crippen molar-refractivity contribution >= 4 is 0 Å². The molecule has 3 nitrogen and oxygen atoms in total. The fraction of sp³-hybridized carbons (Fsp3) is 0.846. The molecule has 3 heteroatoms. The molecule has 1 saturated heterocycles. The van der Waals surface area contributed by atoms with Crippen molar-refractivity contribution in [1.29, 1.82) is 0 Å². The van der Waals surface area contributed by atoms with Crippen molar-refractivity contribution in [2.24, 2.45) is 5.41 Å². The lowest BCUT2D eigenvalue weighted by Gasteiger charge is -2.32. The summed E-state index contributed by atoms with van der Waals surface area (Å²) in [6.07, 6.45) is 2.02. The van der Waals surface area contributed by atoms with Crippen LogP contribution in [0.3, 0.4) is 0 Å². The quantitative estimate of drug-likeness (QED) is 0.721. The average Bonchev–Trinajstić information content (AvgIpc) is 2.24. The molecule has 0 bridgehead atoms. The van der Waals surface area contributed by atoms with E-state index in [-0.39, 0.29) is 0 Å². The first kappa shape index (κ1) is 13.7. The molecule has 0 aromatic heterocycles. The second kappa shape index (κ2) is 5.80. The summed E-state index contributed by atoms with van der Waals surface area (Å²) in [4.78, 5) is 5.00. The van der Waals surface area contributed by atoms with Gasteiger partial charge in [0.15, 0.2) is 0 Å². The van der Waals surface area contributed by atoms with Crippen molar-refractivity contribution in [2.75, 3.05) is 46.8 Å². The van der Waals surface area contributed by atoms with E-state index in [1.165, 1.54) is 6.54 Å². The normalized spacial score (nSPS) is 27.6. The van der Waals surface area contributed by atoms with Crippen LogP contribution in [0.4, 0.5) is 0 Å². The van der Waals surface area contributed by atoms with Gasteiger partial charge in [-0.15, -0.1) is 6.58 Å². The van der Waals surface area contributed by atoms with E-state index in [4.69, 9.17) is 0 Å². The summed E-state index contributed by atoms with van der Waals surface area (Å²) in [7, 11) is 4.25. The molecule has 16 heavy (non-hydrogen) atoms. The molecule has 0 saturated carbocycles. The van der Waals surface area contributed by atoms with Gasteiger partial charge in [0.05, 0.1) is 0 Å². The van der Waals surface area contributed by atoms with Gasteiger partial charge in [0.2, 0.25) is 0 Å². The highest BCUT2D eigenvalue weighted by molar-refractivity contribution is 4.90. The number of hydrogen-bond donors (Lipinski definition) is 1. The second-order valence-corrected chi connectivity index (χ2v) is 5.79. The molecule has 0 radical (unpaired) electrons. The van der Waals surface area contributed by atoms with Crippen LogP contribution in [-0.2, 0) is 0 Å². The molecule has 1 aliphatic rings. The minimum atomic E-state index is 0.361. The van der Waals surface area contributed by atoms with Gasteiger partial charge in [-0.2, -0.15) is 0 Å². The highest BCUT2D eigenvalue weighted by Gasteiger charge is 2.31. The maximum absolute atomic E-state index is 3.87. The fourth-order valence-corrected chi connectivity index (χ4v) is 2.81. The number of hydrogen-bond acceptors (Lipinski definition) is 3. The smallest absolute Gasteiger partial charge is 0.0351 e. The molecule has 0 aromatic carbocycles. The summed E-state index contributed by atoms with van der Waals surface area (Å²) in [5, 5.41) is 3.30. The van der Waals surface area contributed by atoms with Crippen molar-refractivity contribution in [3.63, 3.8) is 0 Å². The van der Waals surface area contributed by atoms with E-state index in [0.29, 0.717) is 11.5 Å². The third-order valence-electron chi connectivity index (χ3n) is 3.17. The summed E-state index contributed by atoms with van der Waals surface area (Å²) in [6, 6.07) is 0.592. The third-order valence-corrected chi connectivity index (χ3v) is 3.17. The van der Waals surface area contributed by atoms with E-state index in [0.717, 1.165) is 26.2 Å². The largest absolute Gasteiger partial charge is 0.318 e. The van der Waals surface area contributed by atoms with Crippen LogP contribution >= 0.6 is 0 Å². The van der Waals surface area contributed by atoms with Crippen molar-refractivity contribution in [1.82, 2.24) is 15.1 Å². The van der Waals surface area contributed by atoms with Gasteiger partial charge in [-0.05, 0) is 19.5 Å². The lowest BCUT2D eigenvalue weighted by Crippen LogP contribution is -2.46. The molecule has 0 aliphatic carbocycles. The van der Waals surface area contributed by atoms with Gasteiger partial charge in [-0.25, -0.2) is 0 Å². The molecule has 1 unspecified atom stereocenters. The second-order valence-electron chi connectivity index (χ2n) is 5.79. The van der Waals surface area contributed by atoms with Crippen LogP contribution in [-0.4, -0.2) is 62.7 Å². The van der Waals surface area contributed by atoms with Gasteiger partial charge in [0.25, 0.3) is 0 Å². The zero-order valence-electron chi connectivity index (χ0n) is 11.3. The van der Waals surface area contributed by atoms with Crippen molar-refractivity contribution in [3.8, 4) is 0 Å². The first-order valence-electron chi connectivity index (χ1n) is 6.16. The molecular weight excluding hydrogens is 198 g/mol. The van der Waals surface area contributed by atoms with Gasteiger partial charge < -0.3 is 10.2 Å². The topological polar surface area (TPSA) is 18.5 Å². The Balaban J connectivity index is 2.76. The Morgan fingerprint density at radius 2 is 2.12 bits per heavy atom. The summed E-state index contributed by atoms with van der Waals surface area (Å²) in [6.45, 7) is 14.1. The number of nitrogens with one attached hydrogen (secondary N) is 1. The zero-order chi connectivity index (χ0) is 12.2. The summed E-state index contributed by atoms with van der Waals surface area (Å²) >= 11 is 0. The van der Waals surface area contributed by atoms with Crippen LogP contribution in [0.15, 0.2) is 12.7 Å². The number of likely N-dealkylation sites (N-methyl/N-ethyl adjacent to an activating group) is 2. The Bertz CT molecular complexity index is 225. The molecule has 94 valence electrons. The molecule has 1 atom stereocenters. The Hall–Kier alpha value is -0.380. The zero-order valence-corrected chi connectivity index (χ0v) is 11.3. The Labute approximate surface area is 100 Å². The maximum atomic E-state index is 3.87. The van der Waals surface area contributed by atoms with Gasteiger partial charge in [-0.3, -0.25) is 4.90 Å². The highest BCUT2D eigenvalue weighted by atomic mass is 15.3. The van der Waals surface area contributed by atoms with E-state index in [9.17, 15) is 0 Å². The number of rotatable bonds is 4. The predicted octanol–water partition coefficient (Wildman–Crippen LogP) is 1.03. The van der Waals surface area contributed by atoms with Gasteiger partial charge in [0, 0.05) is 38.8 Å². The minimum Gasteiger partial charge on any atom is -0.318 e. The molecule has 0 spiro atoms. The van der Waals surface area contributed by atoms with Crippen LogP contribution < -0.4 is 5.32 Å². The number of nitrogens with zero attached hydrogens (tertiary/aromatic N) is 2. The Morgan fingerprint density at radius 1 is 1.44 bits per heavy atom. The standard InChI is InChI=1S/C13H27N3/c1-6-7-16-11-13(2,3)10-15(5)9-12(16)8-14-4/h6,12,14H,1,7-11H2,2-5H3. The van der Waals surface area contributed by atoms with E-state index in [1.54, 1.807) is 0 Å². The molecule has 0 amide bonds. The van der Waals surface area contributed by atoms with Gasteiger partial charge in [0.1, 0.15) is 0 Å². The van der Waals surface area contributed by atoms with Crippen LogP contribution in [0, 0.1) is 5.41 Å². The average molecular weight is 225 g/mol. The van der Waals surface area contributed by atoms with Crippen LogP contribution in [0.25, 0.3) is 0 Å². The molecule has 1 rings (SSSR count). The Morgan fingerprint density at radius 3 is 2.69 bits per heavy atom. The minimum absolute atomic E-state index is 0.361. The fourth-order valence-electron chi connectivity index (χ4n) is 2.81. The SMILES string of the molecule is C=CCN1CC(C)(C)CN(C)CC1CNC. The first-order chi connectivity index (χ1) is 7.48. The predicted molar refractivity (Wildman–Crippen MR) is 70.8 cm³/mol. The maximum Gasteiger partial charge on any atom is 0.0351 e. The molecule has 1 aliphatic heterocycles. The van der Waals surface area contributed by atoms with E-state index in [1.807, 2.05) is 13.1 Å². The van der Waals surface area contributed by atoms with E-state index >= 15 is 0 Å². The molecule has 1 heterocycles. The van der Waals surface area contributed by atoms with Crippen molar-refractivity contribution in [3.05, 3.63) is 12.7 Å². The molecule has 0 aromatic rings. The first-order valence-corrected chi connectivity index (χ1v) is 6.16. The lowest BCUT2D eigenvalue weighted by atomic mass is 9.92. The van der Waals surface area contributed by atoms with Crippen molar-refractivity contribution in [2.45, 2.75) is 19.9 Å². The summed E-state index contributed by atoms with van der Waals surface area (Å²) in [5.74, 6) is 0. The molecule has 1 N–H and O–H groups in total. The lowest BCUT2D eigenvalue weighted by molar-refractivity contribution is 0.172. The third kappa shape index (κ3) is 3.89. The van der Waals surface area contributed by atoms with Crippen LogP contribution in [0.2, 0.25) is 0 Å². The molecular formula is C13H27N3. The molecule has 1 fully saturated rings.